The predicted molar refractivity (Wildman–Crippen MR) is 120 cm³/mol. The smallest absolute Gasteiger partial charge is 0.0704 e. The van der Waals surface area contributed by atoms with Crippen LogP contribution in [-0.2, 0) is 14.2 Å². The first-order valence-electron chi connectivity index (χ1n) is 10.4. The summed E-state index contributed by atoms with van der Waals surface area (Å²) in [7, 11) is 1.67. The Morgan fingerprint density at radius 1 is 1.00 bits per heavy atom. The fraction of sp³-hybridized carbons (Fsp3) is 0.600. The molecule has 0 saturated heterocycles. The van der Waals surface area contributed by atoms with Crippen molar-refractivity contribution < 1.29 is 14.2 Å². The lowest BCUT2D eigenvalue weighted by Gasteiger charge is -2.32. The van der Waals surface area contributed by atoms with Crippen molar-refractivity contribution in [1.82, 2.24) is 0 Å². The zero-order chi connectivity index (χ0) is 20.8. The summed E-state index contributed by atoms with van der Waals surface area (Å²) in [5, 5.41) is 0. The molecule has 0 aliphatic heterocycles. The van der Waals surface area contributed by atoms with E-state index in [-0.39, 0.29) is 0 Å². The lowest BCUT2D eigenvalue weighted by atomic mass is 9.72. The number of allylic oxidation sites excluding steroid dienone is 9. The molecule has 1 aliphatic rings. The van der Waals surface area contributed by atoms with Gasteiger partial charge < -0.3 is 14.2 Å². The van der Waals surface area contributed by atoms with Crippen molar-refractivity contribution in [3.8, 4) is 0 Å². The third kappa shape index (κ3) is 10.2. The van der Waals surface area contributed by atoms with Gasteiger partial charge in [0.05, 0.1) is 33.0 Å². The number of rotatable bonds is 12. The molecule has 1 aliphatic carbocycles. The van der Waals surface area contributed by atoms with Crippen LogP contribution >= 0.6 is 0 Å². The van der Waals surface area contributed by atoms with Gasteiger partial charge in [-0.1, -0.05) is 67.0 Å². The van der Waals surface area contributed by atoms with Crippen LogP contribution in [0.15, 0.2) is 58.7 Å². The largest absolute Gasteiger partial charge is 0.382 e. The molecule has 1 rings (SSSR count). The van der Waals surface area contributed by atoms with Gasteiger partial charge in [-0.25, -0.2) is 0 Å². The van der Waals surface area contributed by atoms with E-state index in [4.69, 9.17) is 14.2 Å². The van der Waals surface area contributed by atoms with E-state index in [0.717, 1.165) is 0 Å². The zero-order valence-corrected chi connectivity index (χ0v) is 18.8. The molecular formula is C25H40O3. The molecule has 0 aromatic heterocycles. The van der Waals surface area contributed by atoms with Crippen molar-refractivity contribution in [2.45, 2.75) is 53.9 Å². The lowest BCUT2D eigenvalue weighted by molar-refractivity contribution is 0.0313. The highest BCUT2D eigenvalue weighted by Gasteiger charge is 2.26. The molecule has 0 bridgehead atoms. The second-order valence-electron chi connectivity index (χ2n) is 8.16. The van der Waals surface area contributed by atoms with E-state index in [0.29, 0.717) is 38.4 Å². The van der Waals surface area contributed by atoms with Gasteiger partial charge in [-0.3, -0.25) is 0 Å². The molecule has 0 atom stereocenters. The Morgan fingerprint density at radius 3 is 2.43 bits per heavy atom. The second kappa shape index (κ2) is 13.7. The van der Waals surface area contributed by atoms with Gasteiger partial charge in [0.25, 0.3) is 0 Å². The summed E-state index contributed by atoms with van der Waals surface area (Å²) in [6.07, 6.45) is 16.8. The van der Waals surface area contributed by atoms with Crippen molar-refractivity contribution in [3.63, 3.8) is 0 Å². The fourth-order valence-corrected chi connectivity index (χ4v) is 3.34. The van der Waals surface area contributed by atoms with Crippen LogP contribution in [0.25, 0.3) is 0 Å². The Bertz CT molecular complexity index is 603. The van der Waals surface area contributed by atoms with Crippen LogP contribution in [0, 0.1) is 5.41 Å². The van der Waals surface area contributed by atoms with E-state index in [1.54, 1.807) is 12.7 Å². The monoisotopic (exact) mass is 388 g/mol. The Labute approximate surface area is 172 Å². The normalized spacial score (nSPS) is 18.6. The fourth-order valence-electron chi connectivity index (χ4n) is 3.34. The van der Waals surface area contributed by atoms with Gasteiger partial charge in [0, 0.05) is 7.11 Å². The Kier molecular flexibility index (Phi) is 12.1. The lowest BCUT2D eigenvalue weighted by Crippen LogP contribution is -2.19. The van der Waals surface area contributed by atoms with Gasteiger partial charge in [0.2, 0.25) is 0 Å². The molecule has 0 saturated carbocycles. The highest BCUT2D eigenvalue weighted by Crippen LogP contribution is 2.40. The molecule has 3 heteroatoms. The number of hydrogen-bond acceptors (Lipinski definition) is 3. The molecule has 158 valence electrons. The van der Waals surface area contributed by atoms with Crippen LogP contribution in [0.4, 0.5) is 0 Å². The Morgan fingerprint density at radius 2 is 1.71 bits per heavy atom. The highest BCUT2D eigenvalue weighted by molar-refractivity contribution is 5.37. The summed E-state index contributed by atoms with van der Waals surface area (Å²) in [5.41, 5.74) is 5.80. The molecule has 0 N–H and O–H groups in total. The van der Waals surface area contributed by atoms with Crippen LogP contribution in [0.5, 0.6) is 0 Å². The molecule has 0 heterocycles. The Hall–Kier alpha value is -1.42. The third-order valence-electron chi connectivity index (χ3n) is 5.10. The molecule has 0 fully saturated rings. The van der Waals surface area contributed by atoms with Crippen LogP contribution in [-0.4, -0.2) is 40.1 Å². The van der Waals surface area contributed by atoms with Gasteiger partial charge in [-0.15, -0.1) is 0 Å². The second-order valence-corrected chi connectivity index (χ2v) is 8.16. The summed E-state index contributed by atoms with van der Waals surface area (Å²) in [6, 6.07) is 0. The molecule has 0 spiro atoms. The first-order valence-corrected chi connectivity index (χ1v) is 10.4. The van der Waals surface area contributed by atoms with E-state index in [1.165, 1.54) is 36.0 Å². The van der Waals surface area contributed by atoms with E-state index in [9.17, 15) is 0 Å². The molecule has 0 aromatic carbocycles. The summed E-state index contributed by atoms with van der Waals surface area (Å²) < 4.78 is 15.8. The van der Waals surface area contributed by atoms with Gasteiger partial charge in [-0.05, 0) is 51.0 Å². The molecule has 28 heavy (non-hydrogen) atoms. The quantitative estimate of drug-likeness (QED) is 0.294. The molecule has 0 unspecified atom stereocenters. The van der Waals surface area contributed by atoms with Crippen molar-refractivity contribution in [2.24, 2.45) is 5.41 Å². The van der Waals surface area contributed by atoms with E-state index < -0.39 is 0 Å². The van der Waals surface area contributed by atoms with Crippen molar-refractivity contribution in [2.75, 3.05) is 40.1 Å². The minimum atomic E-state index is 0.295. The summed E-state index contributed by atoms with van der Waals surface area (Å²) >= 11 is 0. The SMILES string of the molecule is COCCOCCOCC=C(C)C=CC=C(C)C=CC1=C(C)CCCC1(C)C. The van der Waals surface area contributed by atoms with Crippen molar-refractivity contribution >= 4 is 0 Å². The maximum absolute atomic E-state index is 5.54. The Balaban J connectivity index is 2.39. The van der Waals surface area contributed by atoms with Crippen LogP contribution in [0.2, 0.25) is 0 Å². The van der Waals surface area contributed by atoms with Gasteiger partial charge in [0.1, 0.15) is 0 Å². The number of methoxy groups -OCH3 is 1. The van der Waals surface area contributed by atoms with Crippen LogP contribution < -0.4 is 0 Å². The number of hydrogen-bond donors (Lipinski definition) is 0. The molecular weight excluding hydrogens is 348 g/mol. The summed E-state index contributed by atoms with van der Waals surface area (Å²) in [5.74, 6) is 0. The predicted octanol–water partition coefficient (Wildman–Crippen LogP) is 6.20. The summed E-state index contributed by atoms with van der Waals surface area (Å²) in [6.45, 7) is 14.3. The van der Waals surface area contributed by atoms with E-state index >= 15 is 0 Å². The molecule has 0 radical (unpaired) electrons. The van der Waals surface area contributed by atoms with Crippen molar-refractivity contribution in [1.29, 1.82) is 0 Å². The average molecular weight is 389 g/mol. The minimum absolute atomic E-state index is 0.295. The first kappa shape index (κ1) is 24.6. The van der Waals surface area contributed by atoms with Gasteiger partial charge in [-0.2, -0.15) is 0 Å². The minimum Gasteiger partial charge on any atom is -0.382 e. The van der Waals surface area contributed by atoms with Crippen LogP contribution in [0.1, 0.15) is 53.9 Å². The standard InChI is InChI=1S/C25H40O3/c1-21(12-13-24-23(3)11-8-15-25(24,4)5)9-7-10-22(2)14-16-27-19-20-28-18-17-26-6/h7,9-10,12-14H,8,11,15-20H2,1-6H3. The average Bonchev–Trinajstić information content (AvgIpc) is 2.63. The zero-order valence-electron chi connectivity index (χ0n) is 18.8. The van der Waals surface area contributed by atoms with Crippen molar-refractivity contribution in [3.05, 3.63) is 58.7 Å². The topological polar surface area (TPSA) is 27.7 Å². The maximum atomic E-state index is 5.54. The first-order chi connectivity index (χ1) is 13.4. The molecule has 0 amide bonds. The maximum Gasteiger partial charge on any atom is 0.0704 e. The molecule has 0 aromatic rings. The summed E-state index contributed by atoms with van der Waals surface area (Å²) in [4.78, 5) is 0. The third-order valence-corrected chi connectivity index (χ3v) is 5.10. The van der Waals surface area contributed by atoms with Gasteiger partial charge in [0.15, 0.2) is 0 Å². The van der Waals surface area contributed by atoms with E-state index in [2.05, 4.69) is 71.1 Å². The van der Waals surface area contributed by atoms with Crippen LogP contribution in [0.3, 0.4) is 0 Å². The highest BCUT2D eigenvalue weighted by atomic mass is 16.5. The van der Waals surface area contributed by atoms with E-state index in [1.807, 2.05) is 0 Å². The molecule has 3 nitrogen and oxygen atoms in total. The van der Waals surface area contributed by atoms with Gasteiger partial charge >= 0.3 is 0 Å². The number of ether oxygens (including phenoxy) is 3.